The van der Waals surface area contributed by atoms with Gasteiger partial charge in [0.25, 0.3) is 0 Å². The van der Waals surface area contributed by atoms with Crippen molar-refractivity contribution >= 4 is 11.3 Å². The molecule has 0 radical (unpaired) electrons. The number of unbranched alkanes of at least 4 members (excludes halogenated alkanes) is 1. The number of imidazole rings is 1. The number of hydrogen-bond acceptors (Lipinski definition) is 6. The second-order valence-corrected chi connectivity index (χ2v) is 10.3. The topological polar surface area (TPSA) is 108 Å². The Hall–Kier alpha value is -4.02. The highest BCUT2D eigenvalue weighted by Gasteiger charge is 2.18. The maximum absolute atomic E-state index is 11.9. The highest BCUT2D eigenvalue weighted by molar-refractivity contribution is 7.13. The van der Waals surface area contributed by atoms with E-state index in [0.717, 1.165) is 59.8 Å². The quantitative estimate of drug-likeness (QED) is 0.174. The zero-order chi connectivity index (χ0) is 27.0. The molecule has 2 aromatic carbocycles. The lowest BCUT2D eigenvalue weighted by atomic mass is 10.1. The first kappa shape index (κ1) is 26.6. The summed E-state index contributed by atoms with van der Waals surface area (Å²) in [5, 5.41) is 7.71. The second kappa shape index (κ2) is 12.7. The van der Waals surface area contributed by atoms with Gasteiger partial charge in [-0.1, -0.05) is 30.3 Å². The maximum atomic E-state index is 11.9. The molecule has 0 bridgehead atoms. The van der Waals surface area contributed by atoms with Gasteiger partial charge in [0.2, 0.25) is 0 Å². The average Bonchev–Trinajstić information content (AvgIpc) is 3.69. The standard InChI is InChI=1S/C29H33N7O2S/c1-34-25(9-5-6-14-30)20-36(33-34)24-12-13-26(27(19-24)38-18-17-35-16-15-31-29(35)37)28-32-23(21-39-28)11-10-22-7-3-2-4-8-22/h2-4,7-8,12-13,15-16,19-21H,5-6,9-11,14,17-18,30H2,1H3/p+1. The molecule has 0 saturated heterocycles. The molecule has 5 rings (SSSR count). The number of benzene rings is 2. The van der Waals surface area contributed by atoms with Crippen LogP contribution in [-0.2, 0) is 32.9 Å². The van der Waals surface area contributed by atoms with Crippen LogP contribution >= 0.6 is 11.3 Å². The van der Waals surface area contributed by atoms with Crippen molar-refractivity contribution in [1.82, 2.24) is 24.4 Å². The van der Waals surface area contributed by atoms with Gasteiger partial charge in [0.05, 0.1) is 23.0 Å². The van der Waals surface area contributed by atoms with Crippen LogP contribution in [0.3, 0.4) is 0 Å². The molecule has 202 valence electrons. The minimum absolute atomic E-state index is 0.151. The molecule has 9 nitrogen and oxygen atoms in total. The number of nitrogens with one attached hydrogen (secondary N) is 1. The number of rotatable bonds is 13. The van der Waals surface area contributed by atoms with E-state index in [4.69, 9.17) is 15.5 Å². The Morgan fingerprint density at radius 2 is 1.97 bits per heavy atom. The molecule has 0 aliphatic rings. The number of ether oxygens (including phenoxy) is 1. The van der Waals surface area contributed by atoms with E-state index < -0.39 is 0 Å². The van der Waals surface area contributed by atoms with E-state index in [-0.39, 0.29) is 5.69 Å². The van der Waals surface area contributed by atoms with Crippen LogP contribution in [0.2, 0.25) is 0 Å². The van der Waals surface area contributed by atoms with Gasteiger partial charge in [0, 0.05) is 30.3 Å². The minimum atomic E-state index is -0.151. The van der Waals surface area contributed by atoms with Gasteiger partial charge in [-0.2, -0.15) is 0 Å². The Balaban J connectivity index is 1.38. The van der Waals surface area contributed by atoms with Gasteiger partial charge >= 0.3 is 5.69 Å². The van der Waals surface area contributed by atoms with E-state index >= 15 is 0 Å². The largest absolute Gasteiger partial charge is 0.491 e. The van der Waals surface area contributed by atoms with Crippen molar-refractivity contribution in [1.29, 1.82) is 0 Å². The summed E-state index contributed by atoms with van der Waals surface area (Å²) in [6.07, 6.45) is 10.2. The van der Waals surface area contributed by atoms with Gasteiger partial charge in [-0.3, -0.25) is 4.57 Å². The Labute approximate surface area is 231 Å². The van der Waals surface area contributed by atoms with Gasteiger partial charge < -0.3 is 15.5 Å². The van der Waals surface area contributed by atoms with Crippen molar-refractivity contribution in [2.75, 3.05) is 13.2 Å². The smallest absolute Gasteiger partial charge is 0.325 e. The van der Waals surface area contributed by atoms with Crippen molar-refractivity contribution < 1.29 is 9.42 Å². The first-order chi connectivity index (χ1) is 19.1. The lowest BCUT2D eigenvalue weighted by molar-refractivity contribution is -0.661. The summed E-state index contributed by atoms with van der Waals surface area (Å²) in [6.45, 7) is 1.48. The molecule has 10 heteroatoms. The summed E-state index contributed by atoms with van der Waals surface area (Å²) in [4.78, 5) is 19.5. The van der Waals surface area contributed by atoms with E-state index in [0.29, 0.717) is 25.4 Å². The number of thiazole rings is 1. The van der Waals surface area contributed by atoms with Crippen molar-refractivity contribution in [3.8, 4) is 22.0 Å². The zero-order valence-electron chi connectivity index (χ0n) is 22.1. The Morgan fingerprint density at radius 3 is 2.77 bits per heavy atom. The summed E-state index contributed by atoms with van der Waals surface area (Å²) < 4.78 is 11.6. The van der Waals surface area contributed by atoms with Gasteiger partial charge in [-0.05, 0) is 49.9 Å². The van der Waals surface area contributed by atoms with E-state index in [1.54, 1.807) is 28.3 Å². The third kappa shape index (κ3) is 6.71. The minimum Gasteiger partial charge on any atom is -0.491 e. The lowest BCUT2D eigenvalue weighted by Crippen LogP contribution is -2.33. The fourth-order valence-corrected chi connectivity index (χ4v) is 5.33. The molecule has 0 saturated carbocycles. The molecule has 0 amide bonds. The molecule has 3 heterocycles. The Bertz CT molecular complexity index is 1550. The molecule has 0 spiro atoms. The van der Waals surface area contributed by atoms with Crippen LogP contribution in [0.5, 0.6) is 5.75 Å². The summed E-state index contributed by atoms with van der Waals surface area (Å²) in [7, 11) is 1.96. The van der Waals surface area contributed by atoms with Gasteiger partial charge in [-0.15, -0.1) is 20.7 Å². The van der Waals surface area contributed by atoms with E-state index in [9.17, 15) is 4.79 Å². The van der Waals surface area contributed by atoms with Gasteiger partial charge in [0.15, 0.2) is 17.6 Å². The summed E-state index contributed by atoms with van der Waals surface area (Å²) in [5.74, 6) is 0.711. The van der Waals surface area contributed by atoms with E-state index in [1.165, 1.54) is 5.56 Å². The second-order valence-electron chi connectivity index (χ2n) is 9.44. The molecule has 3 aromatic heterocycles. The fourth-order valence-electron chi connectivity index (χ4n) is 4.45. The highest BCUT2D eigenvalue weighted by Crippen LogP contribution is 2.34. The Kier molecular flexibility index (Phi) is 8.65. The molecule has 0 aliphatic heterocycles. The van der Waals surface area contributed by atoms with Crippen LogP contribution in [0.4, 0.5) is 0 Å². The van der Waals surface area contributed by atoms with Crippen LogP contribution < -0.4 is 20.8 Å². The third-order valence-corrected chi connectivity index (χ3v) is 7.57. The third-order valence-electron chi connectivity index (χ3n) is 6.64. The molecular weight excluding hydrogens is 510 g/mol. The maximum Gasteiger partial charge on any atom is 0.325 e. The summed E-state index contributed by atoms with van der Waals surface area (Å²) >= 11 is 1.62. The predicted octanol–water partition coefficient (Wildman–Crippen LogP) is 3.46. The number of hydrogen-bond donors (Lipinski definition) is 2. The number of aromatic amines is 1. The Morgan fingerprint density at radius 1 is 1.10 bits per heavy atom. The fraction of sp³-hybridized carbons (Fsp3) is 0.310. The number of H-pyrrole nitrogens is 1. The molecule has 39 heavy (non-hydrogen) atoms. The van der Waals surface area contributed by atoms with Crippen LogP contribution in [0, 0.1) is 0 Å². The predicted molar refractivity (Wildman–Crippen MR) is 152 cm³/mol. The van der Waals surface area contributed by atoms with Crippen LogP contribution in [0.15, 0.2) is 77.3 Å². The first-order valence-corrected chi connectivity index (χ1v) is 14.1. The average molecular weight is 545 g/mol. The highest BCUT2D eigenvalue weighted by atomic mass is 32.1. The zero-order valence-corrected chi connectivity index (χ0v) is 22.9. The van der Waals surface area contributed by atoms with Crippen LogP contribution in [0.25, 0.3) is 16.3 Å². The van der Waals surface area contributed by atoms with Gasteiger partial charge in [0.1, 0.15) is 24.4 Å². The molecule has 0 atom stereocenters. The molecule has 0 aliphatic carbocycles. The molecular formula is C29H34N7O2S+. The SMILES string of the molecule is Cn1n[n+](-c2ccc(-c3nc(CCc4ccccc4)cs3)c(OCCn3cc[nH]c3=O)c2)cc1CCCCN. The van der Waals surface area contributed by atoms with Crippen LogP contribution in [-0.4, -0.2) is 37.6 Å². The number of aryl methyl sites for hydroxylation is 4. The molecule has 5 aromatic rings. The lowest BCUT2D eigenvalue weighted by Gasteiger charge is -2.11. The van der Waals surface area contributed by atoms with Crippen LogP contribution in [0.1, 0.15) is 29.8 Å². The normalized spacial score (nSPS) is 11.2. The first-order valence-electron chi connectivity index (χ1n) is 13.3. The van der Waals surface area contributed by atoms with E-state index in [2.05, 4.69) is 46.0 Å². The number of nitrogens with zero attached hydrogens (tertiary/aromatic N) is 5. The monoisotopic (exact) mass is 544 g/mol. The summed E-state index contributed by atoms with van der Waals surface area (Å²) in [6, 6.07) is 16.5. The summed E-state index contributed by atoms with van der Waals surface area (Å²) in [5.41, 5.74) is 10.8. The van der Waals surface area contributed by atoms with Gasteiger partial charge in [-0.25, -0.2) is 9.78 Å². The molecule has 0 fully saturated rings. The number of aromatic nitrogens is 6. The number of nitrogens with two attached hydrogens (primary N) is 1. The van der Waals surface area contributed by atoms with Crippen molar-refractivity contribution in [2.45, 2.75) is 38.6 Å². The molecule has 0 unspecified atom stereocenters. The van der Waals surface area contributed by atoms with E-state index in [1.807, 2.05) is 40.7 Å². The molecule has 3 N–H and O–H groups in total. The van der Waals surface area contributed by atoms with Crippen molar-refractivity contribution in [3.63, 3.8) is 0 Å². The van der Waals surface area contributed by atoms with Crippen molar-refractivity contribution in [3.05, 3.63) is 99.9 Å². The van der Waals surface area contributed by atoms with Crippen molar-refractivity contribution in [2.24, 2.45) is 12.8 Å².